The average molecular weight is 275 g/mol. The van der Waals surface area contributed by atoms with Crippen LogP contribution in [0.3, 0.4) is 0 Å². The lowest BCUT2D eigenvalue weighted by Gasteiger charge is -2.29. The second-order valence-corrected chi connectivity index (χ2v) is 5.99. The maximum atomic E-state index is 12.6. The molecule has 0 aromatic heterocycles. The van der Waals surface area contributed by atoms with Crippen molar-refractivity contribution in [3.8, 4) is 11.5 Å². The van der Waals surface area contributed by atoms with E-state index in [1.54, 1.807) is 0 Å². The highest BCUT2D eigenvalue weighted by Crippen LogP contribution is 2.36. The third-order valence-electron chi connectivity index (χ3n) is 4.65. The maximum Gasteiger partial charge on any atom is 0.254 e. The zero-order valence-corrected chi connectivity index (χ0v) is 11.6. The molecule has 1 aromatic rings. The second kappa shape index (κ2) is 5.35. The standard InChI is InChI=1S/C16H21NO3/c18-13-8-12(9-14(19)10-13)16(20)17-7-3-6-15(17)11-4-1-2-5-11/h8-11,15,18-19H,1-7H2. The fraction of sp³-hybridized carbons (Fsp3) is 0.562. The molecule has 0 bridgehead atoms. The molecule has 2 N–H and O–H groups in total. The van der Waals surface area contributed by atoms with Gasteiger partial charge in [0, 0.05) is 24.2 Å². The van der Waals surface area contributed by atoms with E-state index in [-0.39, 0.29) is 17.4 Å². The first kappa shape index (κ1) is 13.3. The summed E-state index contributed by atoms with van der Waals surface area (Å²) in [5.74, 6) is 0.438. The molecule has 3 rings (SSSR count). The SMILES string of the molecule is O=C(c1cc(O)cc(O)c1)N1CCCC1C1CCCC1. The van der Waals surface area contributed by atoms with Gasteiger partial charge in [0.1, 0.15) is 11.5 Å². The van der Waals surface area contributed by atoms with Gasteiger partial charge in [0.05, 0.1) is 0 Å². The molecule has 1 atom stereocenters. The van der Waals surface area contributed by atoms with Gasteiger partial charge >= 0.3 is 0 Å². The summed E-state index contributed by atoms with van der Waals surface area (Å²) >= 11 is 0. The van der Waals surface area contributed by atoms with Crippen molar-refractivity contribution in [1.82, 2.24) is 4.90 Å². The van der Waals surface area contributed by atoms with Crippen molar-refractivity contribution in [1.29, 1.82) is 0 Å². The number of aromatic hydroxyl groups is 2. The molecular formula is C16H21NO3. The largest absolute Gasteiger partial charge is 0.508 e. The van der Waals surface area contributed by atoms with E-state index in [1.165, 1.54) is 43.9 Å². The number of rotatable bonds is 2. The lowest BCUT2D eigenvalue weighted by atomic mass is 9.95. The number of carbonyl (C=O) groups is 1. The molecule has 2 aliphatic rings. The molecule has 2 fully saturated rings. The first-order chi connectivity index (χ1) is 9.65. The van der Waals surface area contributed by atoms with E-state index < -0.39 is 0 Å². The summed E-state index contributed by atoms with van der Waals surface area (Å²) < 4.78 is 0. The fourth-order valence-electron chi connectivity index (χ4n) is 3.76. The predicted octanol–water partition coefficient (Wildman–Crippen LogP) is 2.89. The monoisotopic (exact) mass is 275 g/mol. The van der Waals surface area contributed by atoms with Crippen molar-refractivity contribution < 1.29 is 15.0 Å². The summed E-state index contributed by atoms with van der Waals surface area (Å²) in [6.07, 6.45) is 7.13. The van der Waals surface area contributed by atoms with Crippen LogP contribution in [0.2, 0.25) is 0 Å². The molecule has 108 valence electrons. The minimum atomic E-state index is -0.0648. The van der Waals surface area contributed by atoms with Gasteiger partial charge in [0.2, 0.25) is 0 Å². The van der Waals surface area contributed by atoms with Crippen molar-refractivity contribution in [2.45, 2.75) is 44.6 Å². The first-order valence-corrected chi connectivity index (χ1v) is 7.49. The topological polar surface area (TPSA) is 60.8 Å². The Morgan fingerprint density at radius 2 is 1.65 bits per heavy atom. The van der Waals surface area contributed by atoms with Gasteiger partial charge in [0.15, 0.2) is 0 Å². The quantitative estimate of drug-likeness (QED) is 0.872. The zero-order chi connectivity index (χ0) is 14.1. The lowest BCUT2D eigenvalue weighted by Crippen LogP contribution is -2.39. The highest BCUT2D eigenvalue weighted by Gasteiger charge is 2.36. The molecule has 1 aromatic carbocycles. The van der Waals surface area contributed by atoms with Crippen molar-refractivity contribution in [3.63, 3.8) is 0 Å². The van der Waals surface area contributed by atoms with E-state index >= 15 is 0 Å². The lowest BCUT2D eigenvalue weighted by molar-refractivity contribution is 0.0688. The summed E-state index contributed by atoms with van der Waals surface area (Å²) in [5.41, 5.74) is 0.382. The van der Waals surface area contributed by atoms with Crippen LogP contribution in [0.4, 0.5) is 0 Å². The van der Waals surface area contributed by atoms with Crippen LogP contribution in [-0.4, -0.2) is 33.6 Å². The summed E-state index contributed by atoms with van der Waals surface area (Å²) in [5, 5.41) is 19.1. The van der Waals surface area contributed by atoms with Crippen LogP contribution < -0.4 is 0 Å². The normalized spacial score (nSPS) is 23.4. The van der Waals surface area contributed by atoms with Gasteiger partial charge in [-0.25, -0.2) is 0 Å². The van der Waals surface area contributed by atoms with Gasteiger partial charge in [-0.05, 0) is 43.7 Å². The van der Waals surface area contributed by atoms with Crippen LogP contribution in [0, 0.1) is 5.92 Å². The van der Waals surface area contributed by atoms with E-state index in [0.29, 0.717) is 17.5 Å². The molecule has 0 spiro atoms. The molecule has 1 saturated carbocycles. The Kier molecular flexibility index (Phi) is 3.55. The van der Waals surface area contributed by atoms with Crippen LogP contribution in [0.25, 0.3) is 0 Å². The molecule has 0 radical (unpaired) electrons. The molecule has 1 saturated heterocycles. The zero-order valence-electron chi connectivity index (χ0n) is 11.6. The molecule has 1 heterocycles. The van der Waals surface area contributed by atoms with Gasteiger partial charge in [-0.15, -0.1) is 0 Å². The Bertz CT molecular complexity index is 488. The minimum absolute atomic E-state index is 0.0643. The summed E-state index contributed by atoms with van der Waals surface area (Å²) in [7, 11) is 0. The van der Waals surface area contributed by atoms with E-state index in [9.17, 15) is 15.0 Å². The van der Waals surface area contributed by atoms with E-state index in [4.69, 9.17) is 0 Å². The Labute approximate surface area is 119 Å². The number of hydrogen-bond donors (Lipinski definition) is 2. The summed E-state index contributed by atoms with van der Waals surface area (Å²) in [6, 6.07) is 4.46. The fourth-order valence-corrected chi connectivity index (χ4v) is 3.76. The van der Waals surface area contributed by atoms with Gasteiger partial charge < -0.3 is 15.1 Å². The number of nitrogens with zero attached hydrogens (tertiary/aromatic N) is 1. The highest BCUT2D eigenvalue weighted by molar-refractivity contribution is 5.95. The average Bonchev–Trinajstić information content (AvgIpc) is 3.07. The van der Waals surface area contributed by atoms with Crippen molar-refractivity contribution >= 4 is 5.91 Å². The third kappa shape index (κ3) is 2.47. The Morgan fingerprint density at radius 1 is 1.00 bits per heavy atom. The van der Waals surface area contributed by atoms with E-state index in [0.717, 1.165) is 19.4 Å². The molecule has 20 heavy (non-hydrogen) atoms. The van der Waals surface area contributed by atoms with Crippen LogP contribution >= 0.6 is 0 Å². The number of benzene rings is 1. The molecule has 4 nitrogen and oxygen atoms in total. The molecule has 1 amide bonds. The Balaban J connectivity index is 1.81. The molecule has 1 unspecified atom stereocenters. The van der Waals surface area contributed by atoms with Crippen LogP contribution in [0.15, 0.2) is 18.2 Å². The van der Waals surface area contributed by atoms with Crippen LogP contribution in [0.5, 0.6) is 11.5 Å². The number of amides is 1. The van der Waals surface area contributed by atoms with Crippen molar-refractivity contribution in [2.24, 2.45) is 5.92 Å². The number of hydrogen-bond acceptors (Lipinski definition) is 3. The number of likely N-dealkylation sites (tertiary alicyclic amines) is 1. The smallest absolute Gasteiger partial charge is 0.254 e. The third-order valence-corrected chi connectivity index (χ3v) is 4.65. The van der Waals surface area contributed by atoms with Gasteiger partial charge in [-0.3, -0.25) is 4.79 Å². The van der Waals surface area contributed by atoms with Gasteiger partial charge in [0.25, 0.3) is 5.91 Å². The summed E-state index contributed by atoms with van der Waals surface area (Å²) in [4.78, 5) is 14.6. The van der Waals surface area contributed by atoms with Crippen molar-refractivity contribution in [3.05, 3.63) is 23.8 Å². The molecule has 1 aliphatic heterocycles. The maximum absolute atomic E-state index is 12.6. The molecule has 4 heteroatoms. The number of phenols is 2. The minimum Gasteiger partial charge on any atom is -0.508 e. The van der Waals surface area contributed by atoms with E-state index in [2.05, 4.69) is 0 Å². The molecular weight excluding hydrogens is 254 g/mol. The van der Waals surface area contributed by atoms with Crippen LogP contribution in [-0.2, 0) is 0 Å². The predicted molar refractivity (Wildman–Crippen MR) is 75.8 cm³/mol. The number of phenolic OH excluding ortho intramolecular Hbond substituents is 2. The van der Waals surface area contributed by atoms with Gasteiger partial charge in [-0.2, -0.15) is 0 Å². The summed E-state index contributed by atoms with van der Waals surface area (Å²) in [6.45, 7) is 0.788. The van der Waals surface area contributed by atoms with Crippen molar-refractivity contribution in [2.75, 3.05) is 6.54 Å². The van der Waals surface area contributed by atoms with E-state index in [1.807, 2.05) is 4.90 Å². The second-order valence-electron chi connectivity index (χ2n) is 5.99. The highest BCUT2D eigenvalue weighted by atomic mass is 16.3. The Hall–Kier alpha value is -1.71. The first-order valence-electron chi connectivity index (χ1n) is 7.49. The number of carbonyl (C=O) groups excluding carboxylic acids is 1. The molecule has 1 aliphatic carbocycles. The Morgan fingerprint density at radius 3 is 2.30 bits per heavy atom. The van der Waals surface area contributed by atoms with Gasteiger partial charge in [-0.1, -0.05) is 12.8 Å². The van der Waals surface area contributed by atoms with Crippen LogP contribution in [0.1, 0.15) is 48.9 Å².